The summed E-state index contributed by atoms with van der Waals surface area (Å²) in [5.74, 6) is -0.259. The summed E-state index contributed by atoms with van der Waals surface area (Å²) in [7, 11) is 1.72. The Morgan fingerprint density at radius 1 is 1.33 bits per heavy atom. The molecule has 0 saturated carbocycles. The maximum absolute atomic E-state index is 10.9. The monoisotopic (exact) mass is 215 g/mol. The van der Waals surface area contributed by atoms with Gasteiger partial charge in [0.25, 0.3) is 0 Å². The molecule has 0 aromatic carbocycles. The van der Waals surface area contributed by atoms with Gasteiger partial charge in [-0.1, -0.05) is 6.92 Å². The first-order valence-corrected chi connectivity index (χ1v) is 5.35. The maximum Gasteiger partial charge on any atom is 0.234 e. The third-order valence-electron chi connectivity index (χ3n) is 2.25. The number of hydrogen-bond donors (Lipinski definition) is 3. The van der Waals surface area contributed by atoms with Crippen molar-refractivity contribution in [1.29, 1.82) is 0 Å². The van der Waals surface area contributed by atoms with Crippen LogP contribution < -0.4 is 16.4 Å². The molecule has 0 fully saturated rings. The molecule has 0 aliphatic carbocycles. The van der Waals surface area contributed by atoms with Crippen molar-refractivity contribution in [3.63, 3.8) is 0 Å². The number of hydrogen-bond acceptors (Lipinski definition) is 3. The fraction of sp³-hybridized carbons (Fsp3) is 0.800. The number of rotatable bonds is 8. The molecule has 0 radical (unpaired) electrons. The molecule has 0 heterocycles. The van der Waals surface area contributed by atoms with Crippen molar-refractivity contribution < 1.29 is 9.59 Å². The van der Waals surface area contributed by atoms with E-state index in [1.54, 1.807) is 7.05 Å². The second-order valence-corrected chi connectivity index (χ2v) is 3.44. The third-order valence-corrected chi connectivity index (χ3v) is 2.25. The maximum atomic E-state index is 10.9. The number of unbranched alkanes of at least 4 members (excludes halogenated alkanes) is 1. The van der Waals surface area contributed by atoms with E-state index in [9.17, 15) is 9.59 Å². The highest BCUT2D eigenvalue weighted by Crippen LogP contribution is 1.99. The van der Waals surface area contributed by atoms with Gasteiger partial charge in [-0.25, -0.2) is 0 Å². The van der Waals surface area contributed by atoms with Crippen LogP contribution in [0.15, 0.2) is 0 Å². The zero-order chi connectivity index (χ0) is 11.7. The van der Waals surface area contributed by atoms with Crippen molar-refractivity contribution in [2.24, 2.45) is 5.73 Å². The van der Waals surface area contributed by atoms with Crippen LogP contribution in [0.1, 0.15) is 32.6 Å². The predicted octanol–water partition coefficient (Wildman–Crippen LogP) is -0.244. The molecule has 1 unspecified atom stereocenters. The van der Waals surface area contributed by atoms with Gasteiger partial charge in [0.2, 0.25) is 11.8 Å². The summed E-state index contributed by atoms with van der Waals surface area (Å²) >= 11 is 0. The Morgan fingerprint density at radius 2 is 2.00 bits per heavy atom. The van der Waals surface area contributed by atoms with Crippen LogP contribution in [0, 0.1) is 0 Å². The standard InChI is InChI=1S/C10H21N3O2/c1-3-9(14)13-7-5-4-6-8(12-2)10(11)15/h8,12H,3-7H2,1-2H3,(H2,11,15)(H,13,14). The molecule has 0 bridgehead atoms. The Balaban J connectivity index is 3.45. The average Bonchev–Trinajstić information content (AvgIpc) is 2.22. The smallest absolute Gasteiger partial charge is 0.234 e. The lowest BCUT2D eigenvalue weighted by Crippen LogP contribution is -2.39. The van der Waals surface area contributed by atoms with Crippen molar-refractivity contribution in [2.75, 3.05) is 13.6 Å². The highest BCUT2D eigenvalue weighted by molar-refractivity contribution is 5.79. The highest BCUT2D eigenvalue weighted by atomic mass is 16.2. The highest BCUT2D eigenvalue weighted by Gasteiger charge is 2.11. The van der Waals surface area contributed by atoms with Crippen LogP contribution in [0.3, 0.4) is 0 Å². The van der Waals surface area contributed by atoms with Crippen LogP contribution in [0.25, 0.3) is 0 Å². The Labute approximate surface area is 90.8 Å². The van der Waals surface area contributed by atoms with Gasteiger partial charge in [0.1, 0.15) is 0 Å². The molecule has 2 amide bonds. The van der Waals surface area contributed by atoms with E-state index < -0.39 is 0 Å². The van der Waals surface area contributed by atoms with Crippen LogP contribution in [0.2, 0.25) is 0 Å². The van der Waals surface area contributed by atoms with Gasteiger partial charge in [-0.15, -0.1) is 0 Å². The summed E-state index contributed by atoms with van der Waals surface area (Å²) in [5.41, 5.74) is 5.16. The molecule has 0 spiro atoms. The Kier molecular flexibility index (Phi) is 7.62. The summed E-state index contributed by atoms with van der Waals surface area (Å²) in [6, 6.07) is -0.258. The molecule has 88 valence electrons. The zero-order valence-corrected chi connectivity index (χ0v) is 9.51. The van der Waals surface area contributed by atoms with Gasteiger partial charge in [0, 0.05) is 13.0 Å². The number of amides is 2. The lowest BCUT2D eigenvalue weighted by molar-refractivity contribution is -0.121. The van der Waals surface area contributed by atoms with Gasteiger partial charge in [-0.3, -0.25) is 9.59 Å². The molecule has 0 aliphatic heterocycles. The predicted molar refractivity (Wildman–Crippen MR) is 59.2 cm³/mol. The van der Waals surface area contributed by atoms with Gasteiger partial charge < -0.3 is 16.4 Å². The summed E-state index contributed by atoms with van der Waals surface area (Å²) in [4.78, 5) is 21.7. The minimum atomic E-state index is -0.324. The normalized spacial score (nSPS) is 12.1. The lowest BCUT2D eigenvalue weighted by Gasteiger charge is -2.11. The zero-order valence-electron chi connectivity index (χ0n) is 9.51. The number of nitrogens with two attached hydrogens (primary N) is 1. The van der Waals surface area contributed by atoms with Crippen LogP contribution in [-0.4, -0.2) is 31.4 Å². The molecule has 5 nitrogen and oxygen atoms in total. The average molecular weight is 215 g/mol. The first-order chi connectivity index (χ1) is 7.11. The van der Waals surface area contributed by atoms with Gasteiger partial charge in [-0.05, 0) is 26.3 Å². The molecule has 4 N–H and O–H groups in total. The van der Waals surface area contributed by atoms with Crippen LogP contribution in [-0.2, 0) is 9.59 Å². The first-order valence-electron chi connectivity index (χ1n) is 5.35. The van der Waals surface area contributed by atoms with Crippen LogP contribution in [0.4, 0.5) is 0 Å². The summed E-state index contributed by atoms with van der Waals surface area (Å²) < 4.78 is 0. The van der Waals surface area contributed by atoms with Gasteiger partial charge in [0.15, 0.2) is 0 Å². The third kappa shape index (κ3) is 6.90. The Hall–Kier alpha value is -1.10. The fourth-order valence-electron chi connectivity index (χ4n) is 1.26. The molecule has 0 aliphatic rings. The van der Waals surface area contributed by atoms with Crippen molar-refractivity contribution in [3.05, 3.63) is 0 Å². The minimum Gasteiger partial charge on any atom is -0.368 e. The van der Waals surface area contributed by atoms with E-state index in [0.717, 1.165) is 12.8 Å². The van der Waals surface area contributed by atoms with Crippen molar-refractivity contribution in [2.45, 2.75) is 38.6 Å². The largest absolute Gasteiger partial charge is 0.368 e. The van der Waals surface area contributed by atoms with E-state index in [1.165, 1.54) is 0 Å². The van der Waals surface area contributed by atoms with Gasteiger partial charge in [-0.2, -0.15) is 0 Å². The SMILES string of the molecule is CCC(=O)NCCCCC(NC)C(N)=O. The Morgan fingerprint density at radius 3 is 2.47 bits per heavy atom. The van der Waals surface area contributed by atoms with Crippen molar-refractivity contribution in [3.8, 4) is 0 Å². The molecule has 0 aromatic heterocycles. The van der Waals surface area contributed by atoms with E-state index in [4.69, 9.17) is 5.73 Å². The summed E-state index contributed by atoms with van der Waals surface area (Å²) in [6.45, 7) is 2.49. The number of carbonyl (C=O) groups excluding carboxylic acids is 2. The molecule has 15 heavy (non-hydrogen) atoms. The second kappa shape index (κ2) is 8.23. The fourth-order valence-corrected chi connectivity index (χ4v) is 1.26. The van der Waals surface area contributed by atoms with Gasteiger partial charge >= 0.3 is 0 Å². The Bertz CT molecular complexity index is 207. The lowest BCUT2D eigenvalue weighted by atomic mass is 10.1. The number of likely N-dealkylation sites (N-methyl/N-ethyl adjacent to an activating group) is 1. The number of carbonyl (C=O) groups is 2. The van der Waals surface area contributed by atoms with Crippen molar-refractivity contribution in [1.82, 2.24) is 10.6 Å². The molecule has 0 saturated heterocycles. The molecule has 0 rings (SSSR count). The minimum absolute atomic E-state index is 0.0649. The summed E-state index contributed by atoms with van der Waals surface area (Å²) in [6.07, 6.45) is 2.98. The molecule has 0 aromatic rings. The van der Waals surface area contributed by atoms with Crippen molar-refractivity contribution >= 4 is 11.8 Å². The first kappa shape index (κ1) is 13.9. The van der Waals surface area contributed by atoms with Crippen LogP contribution >= 0.6 is 0 Å². The van der Waals surface area contributed by atoms with E-state index in [1.807, 2.05) is 6.92 Å². The van der Waals surface area contributed by atoms with Crippen LogP contribution in [0.5, 0.6) is 0 Å². The van der Waals surface area contributed by atoms with E-state index in [-0.39, 0.29) is 17.9 Å². The molecule has 1 atom stereocenters. The molecular weight excluding hydrogens is 194 g/mol. The quantitative estimate of drug-likeness (QED) is 0.488. The number of nitrogens with one attached hydrogen (secondary N) is 2. The second-order valence-electron chi connectivity index (χ2n) is 3.44. The summed E-state index contributed by atoms with van der Waals surface area (Å²) in [5, 5.41) is 5.63. The van der Waals surface area contributed by atoms with E-state index in [0.29, 0.717) is 19.4 Å². The van der Waals surface area contributed by atoms with Gasteiger partial charge in [0.05, 0.1) is 6.04 Å². The molecule has 5 heteroatoms. The topological polar surface area (TPSA) is 84.2 Å². The molecular formula is C10H21N3O2. The van der Waals surface area contributed by atoms with E-state index >= 15 is 0 Å². The van der Waals surface area contributed by atoms with E-state index in [2.05, 4.69) is 10.6 Å². The number of primary amides is 1.